The van der Waals surface area contributed by atoms with Gasteiger partial charge in [0.1, 0.15) is 24.0 Å². The number of amides is 1. The third-order valence-electron chi connectivity index (χ3n) is 5.34. The van der Waals surface area contributed by atoms with Crippen LogP contribution in [0.5, 0.6) is 5.75 Å². The zero-order chi connectivity index (χ0) is 24.1. The maximum atomic E-state index is 12.7. The van der Waals surface area contributed by atoms with E-state index in [4.69, 9.17) is 4.74 Å². The van der Waals surface area contributed by atoms with E-state index >= 15 is 0 Å². The molecule has 0 heterocycles. The SMILES string of the molecule is Cc1ccccc1NC(=O)/C(C#N)=C\c1cc(I)c(OCc2cccc3ccccc23)c(I)c1. The fraction of sp³-hybridized carbons (Fsp3) is 0.0714. The minimum Gasteiger partial charge on any atom is -0.487 e. The van der Waals surface area contributed by atoms with Crippen molar-refractivity contribution in [3.63, 3.8) is 0 Å². The van der Waals surface area contributed by atoms with Gasteiger partial charge in [-0.05, 0) is 104 Å². The number of hydrogen-bond donors (Lipinski definition) is 1. The van der Waals surface area contributed by atoms with E-state index in [1.165, 1.54) is 10.8 Å². The minimum atomic E-state index is -0.432. The highest BCUT2D eigenvalue weighted by atomic mass is 127. The van der Waals surface area contributed by atoms with E-state index in [9.17, 15) is 10.1 Å². The van der Waals surface area contributed by atoms with Crippen LogP contribution in [0.15, 0.2) is 84.4 Å². The molecule has 4 aromatic carbocycles. The Morgan fingerprint density at radius 1 is 1.00 bits per heavy atom. The van der Waals surface area contributed by atoms with E-state index in [1.807, 2.05) is 67.6 Å². The van der Waals surface area contributed by atoms with Crippen LogP contribution in [-0.4, -0.2) is 5.91 Å². The van der Waals surface area contributed by atoms with Crippen LogP contribution < -0.4 is 10.1 Å². The molecule has 0 aliphatic carbocycles. The highest BCUT2D eigenvalue weighted by Crippen LogP contribution is 2.31. The zero-order valence-electron chi connectivity index (χ0n) is 18.3. The fourth-order valence-electron chi connectivity index (χ4n) is 3.59. The number of nitriles is 1. The van der Waals surface area contributed by atoms with Gasteiger partial charge in [-0.25, -0.2) is 0 Å². The zero-order valence-corrected chi connectivity index (χ0v) is 22.6. The number of para-hydroxylation sites is 1. The minimum absolute atomic E-state index is 0.0410. The van der Waals surface area contributed by atoms with Crippen LogP contribution in [0, 0.1) is 25.4 Å². The number of carbonyl (C=O) groups is 1. The Labute approximate surface area is 225 Å². The third kappa shape index (κ3) is 5.59. The summed E-state index contributed by atoms with van der Waals surface area (Å²) in [5.41, 5.74) is 3.55. The average Bonchev–Trinajstić information content (AvgIpc) is 2.83. The van der Waals surface area contributed by atoms with Gasteiger partial charge in [0.15, 0.2) is 0 Å². The van der Waals surface area contributed by atoms with Crippen LogP contribution in [0.4, 0.5) is 5.69 Å². The number of carbonyl (C=O) groups excluding carboxylic acids is 1. The highest BCUT2D eigenvalue weighted by Gasteiger charge is 2.14. The van der Waals surface area contributed by atoms with Crippen molar-refractivity contribution in [3.05, 3.63) is 108 Å². The predicted molar refractivity (Wildman–Crippen MR) is 154 cm³/mol. The summed E-state index contributed by atoms with van der Waals surface area (Å²) < 4.78 is 8.03. The Kier molecular flexibility index (Phi) is 7.85. The lowest BCUT2D eigenvalue weighted by molar-refractivity contribution is -0.112. The van der Waals surface area contributed by atoms with Crippen molar-refractivity contribution in [2.24, 2.45) is 0 Å². The Balaban J connectivity index is 1.54. The van der Waals surface area contributed by atoms with Gasteiger partial charge in [-0.1, -0.05) is 60.7 Å². The maximum absolute atomic E-state index is 12.7. The number of aryl methyl sites for hydroxylation is 1. The number of ether oxygens (including phenoxy) is 1. The molecule has 1 amide bonds. The molecule has 0 aromatic heterocycles. The lowest BCUT2D eigenvalue weighted by Crippen LogP contribution is -2.14. The third-order valence-corrected chi connectivity index (χ3v) is 6.94. The topological polar surface area (TPSA) is 62.1 Å². The van der Waals surface area contributed by atoms with Gasteiger partial charge in [-0.2, -0.15) is 5.26 Å². The van der Waals surface area contributed by atoms with Gasteiger partial charge in [-0.15, -0.1) is 0 Å². The molecule has 0 aliphatic rings. The molecule has 0 bridgehead atoms. The Morgan fingerprint density at radius 3 is 2.41 bits per heavy atom. The molecule has 168 valence electrons. The van der Waals surface area contributed by atoms with Crippen molar-refractivity contribution in [3.8, 4) is 11.8 Å². The van der Waals surface area contributed by atoms with Crippen molar-refractivity contribution in [2.75, 3.05) is 5.32 Å². The number of nitrogens with one attached hydrogen (secondary N) is 1. The lowest BCUT2D eigenvalue weighted by atomic mass is 10.1. The average molecular weight is 670 g/mol. The first-order valence-electron chi connectivity index (χ1n) is 10.5. The number of nitrogens with zero attached hydrogens (tertiary/aromatic N) is 1. The second kappa shape index (κ2) is 11.0. The normalized spacial score (nSPS) is 11.2. The maximum Gasteiger partial charge on any atom is 0.266 e. The van der Waals surface area contributed by atoms with Crippen LogP contribution >= 0.6 is 45.2 Å². The predicted octanol–water partition coefficient (Wildman–Crippen LogP) is 7.48. The molecule has 4 rings (SSSR count). The molecule has 4 aromatic rings. The molecule has 34 heavy (non-hydrogen) atoms. The summed E-state index contributed by atoms with van der Waals surface area (Å²) in [6.45, 7) is 2.36. The number of rotatable bonds is 6. The van der Waals surface area contributed by atoms with Crippen LogP contribution in [-0.2, 0) is 11.4 Å². The fourth-order valence-corrected chi connectivity index (χ4v) is 5.71. The molecule has 6 heteroatoms. The molecular formula is C28H20I2N2O2. The van der Waals surface area contributed by atoms with Crippen molar-refractivity contribution in [1.29, 1.82) is 5.26 Å². The van der Waals surface area contributed by atoms with Crippen LogP contribution in [0.3, 0.4) is 0 Å². The second-order valence-electron chi connectivity index (χ2n) is 7.68. The summed E-state index contributed by atoms with van der Waals surface area (Å²) in [7, 11) is 0. The molecule has 0 saturated heterocycles. The molecule has 0 spiro atoms. The molecule has 0 fully saturated rings. The first kappa shape index (κ1) is 24.2. The van der Waals surface area contributed by atoms with Gasteiger partial charge < -0.3 is 10.1 Å². The van der Waals surface area contributed by atoms with Crippen LogP contribution in [0.2, 0.25) is 0 Å². The van der Waals surface area contributed by atoms with Crippen molar-refractivity contribution >= 4 is 73.6 Å². The second-order valence-corrected chi connectivity index (χ2v) is 10.0. The first-order valence-corrected chi connectivity index (χ1v) is 12.7. The number of anilines is 1. The molecular weight excluding hydrogens is 650 g/mol. The molecule has 4 nitrogen and oxygen atoms in total. The monoisotopic (exact) mass is 670 g/mol. The van der Waals surface area contributed by atoms with E-state index in [0.717, 1.165) is 29.6 Å². The number of hydrogen-bond acceptors (Lipinski definition) is 3. The Bertz CT molecular complexity index is 1430. The van der Waals surface area contributed by atoms with Crippen molar-refractivity contribution in [1.82, 2.24) is 0 Å². The van der Waals surface area contributed by atoms with Crippen molar-refractivity contribution in [2.45, 2.75) is 13.5 Å². The van der Waals surface area contributed by atoms with Gasteiger partial charge in [0.25, 0.3) is 5.91 Å². The molecule has 0 unspecified atom stereocenters. The summed E-state index contributed by atoms with van der Waals surface area (Å²) in [6, 6.07) is 27.8. The Morgan fingerprint density at radius 2 is 1.68 bits per heavy atom. The number of benzene rings is 4. The van der Waals surface area contributed by atoms with Crippen LogP contribution in [0.25, 0.3) is 16.8 Å². The van der Waals surface area contributed by atoms with Gasteiger partial charge in [0.05, 0.1) is 7.14 Å². The molecule has 0 aliphatic heterocycles. The van der Waals surface area contributed by atoms with Gasteiger partial charge >= 0.3 is 0 Å². The quantitative estimate of drug-likeness (QED) is 0.132. The summed E-state index contributed by atoms with van der Waals surface area (Å²) in [5.74, 6) is 0.354. The summed E-state index contributed by atoms with van der Waals surface area (Å²) in [5, 5.41) is 14.8. The number of fused-ring (bicyclic) bond motifs is 1. The van der Waals surface area contributed by atoms with Gasteiger partial charge in [-0.3, -0.25) is 4.79 Å². The van der Waals surface area contributed by atoms with E-state index in [2.05, 4.69) is 74.8 Å². The van der Waals surface area contributed by atoms with E-state index < -0.39 is 5.91 Å². The van der Waals surface area contributed by atoms with E-state index in [-0.39, 0.29) is 5.57 Å². The largest absolute Gasteiger partial charge is 0.487 e. The molecule has 0 atom stereocenters. The number of halogens is 2. The standard InChI is InChI=1S/C28H20I2N2O2/c1-18-7-2-5-12-26(18)32-28(33)22(16-31)13-19-14-24(29)27(25(30)15-19)34-17-21-10-6-9-20-8-3-4-11-23(20)21/h2-15H,17H2,1H3,(H,32,33)/b22-13-. The molecule has 0 radical (unpaired) electrons. The highest BCUT2D eigenvalue weighted by molar-refractivity contribution is 14.1. The smallest absolute Gasteiger partial charge is 0.266 e. The van der Waals surface area contributed by atoms with Crippen molar-refractivity contribution < 1.29 is 9.53 Å². The Hall–Kier alpha value is -2.90. The van der Waals surface area contributed by atoms with Gasteiger partial charge in [0.2, 0.25) is 0 Å². The van der Waals surface area contributed by atoms with E-state index in [1.54, 1.807) is 6.08 Å². The molecule has 1 N–H and O–H groups in total. The summed E-state index contributed by atoms with van der Waals surface area (Å²) in [6.07, 6.45) is 1.60. The summed E-state index contributed by atoms with van der Waals surface area (Å²) >= 11 is 4.46. The summed E-state index contributed by atoms with van der Waals surface area (Å²) in [4.78, 5) is 12.7. The lowest BCUT2D eigenvalue weighted by Gasteiger charge is -2.13. The molecule has 0 saturated carbocycles. The first-order chi connectivity index (χ1) is 16.5. The van der Waals surface area contributed by atoms with Crippen LogP contribution in [0.1, 0.15) is 16.7 Å². The van der Waals surface area contributed by atoms with Gasteiger partial charge in [0, 0.05) is 5.69 Å². The van der Waals surface area contributed by atoms with E-state index in [0.29, 0.717) is 12.3 Å².